The Morgan fingerprint density at radius 1 is 1.23 bits per heavy atom. The van der Waals surface area contributed by atoms with Gasteiger partial charge in [0.2, 0.25) is 17.7 Å². The van der Waals surface area contributed by atoms with Gasteiger partial charge in [-0.1, -0.05) is 6.07 Å². The van der Waals surface area contributed by atoms with Gasteiger partial charge in [-0.05, 0) is 61.3 Å². The first-order valence-electron chi connectivity index (χ1n) is 10.7. The fraction of sp³-hybridized carbons (Fsp3) is 0.545. The summed E-state index contributed by atoms with van der Waals surface area (Å²) in [7, 11) is 1.55. The van der Waals surface area contributed by atoms with Crippen LogP contribution < -0.4 is 10.6 Å². The van der Waals surface area contributed by atoms with Gasteiger partial charge in [0.1, 0.15) is 6.54 Å². The number of carbonyl (C=O) groups excluding carboxylic acids is 4. The maximum atomic E-state index is 13.4. The smallest absolute Gasteiger partial charge is 0.318 e. The van der Waals surface area contributed by atoms with Crippen molar-refractivity contribution in [2.75, 3.05) is 25.5 Å². The topological polar surface area (TPSA) is 98.8 Å². The number of hydrogen-bond acceptors (Lipinski definition) is 4. The number of amides is 5. The number of benzene rings is 1. The maximum Gasteiger partial charge on any atom is 0.318 e. The molecule has 2 aliphatic heterocycles. The number of anilines is 1. The molecule has 30 heavy (non-hydrogen) atoms. The van der Waals surface area contributed by atoms with E-state index >= 15 is 0 Å². The summed E-state index contributed by atoms with van der Waals surface area (Å²) in [6.07, 6.45) is 4.58. The number of hydrogen-bond donors (Lipinski definition) is 2. The highest BCUT2D eigenvalue weighted by Crippen LogP contribution is 2.47. The monoisotopic (exact) mass is 410 g/mol. The van der Waals surface area contributed by atoms with Crippen LogP contribution in [0.1, 0.15) is 43.2 Å². The predicted octanol–water partition coefficient (Wildman–Crippen LogP) is 1.39. The Labute approximate surface area is 175 Å². The average molecular weight is 410 g/mol. The molecular weight excluding hydrogens is 384 g/mol. The number of imide groups is 1. The largest absolute Gasteiger partial charge is 0.341 e. The van der Waals surface area contributed by atoms with E-state index in [2.05, 4.69) is 10.6 Å². The summed E-state index contributed by atoms with van der Waals surface area (Å²) in [5.74, 6) is -0.0482. The van der Waals surface area contributed by atoms with Crippen molar-refractivity contribution in [2.45, 2.75) is 50.0 Å². The molecule has 1 aromatic rings. The van der Waals surface area contributed by atoms with Crippen molar-refractivity contribution in [3.63, 3.8) is 0 Å². The van der Waals surface area contributed by atoms with Crippen LogP contribution in [0.25, 0.3) is 0 Å². The maximum absolute atomic E-state index is 13.4. The molecule has 8 heteroatoms. The molecule has 3 atom stereocenters. The SMILES string of the molecule is CNC(=O)Nc1ccc2c(c1)CCC21CC(=O)N(CC(=O)N2CC3CCC2C3)C1=O. The molecule has 2 N–H and O–H groups in total. The summed E-state index contributed by atoms with van der Waals surface area (Å²) in [4.78, 5) is 53.6. The highest BCUT2D eigenvalue weighted by molar-refractivity contribution is 6.11. The van der Waals surface area contributed by atoms with Gasteiger partial charge in [0.15, 0.2) is 0 Å². The van der Waals surface area contributed by atoms with E-state index in [0.29, 0.717) is 24.4 Å². The number of fused-ring (bicyclic) bond motifs is 4. The Kier molecular flexibility index (Phi) is 4.34. The van der Waals surface area contributed by atoms with Crippen LogP contribution in [0, 0.1) is 5.92 Å². The minimum atomic E-state index is -0.873. The summed E-state index contributed by atoms with van der Waals surface area (Å²) in [6, 6.07) is 5.43. The normalized spacial score (nSPS) is 29.1. The number of likely N-dealkylation sites (tertiary alicyclic amines) is 2. The van der Waals surface area contributed by atoms with Gasteiger partial charge in [-0.2, -0.15) is 0 Å². The number of nitrogens with one attached hydrogen (secondary N) is 2. The number of nitrogens with zero attached hydrogens (tertiary/aromatic N) is 2. The summed E-state index contributed by atoms with van der Waals surface area (Å²) in [5.41, 5.74) is 1.59. The lowest BCUT2D eigenvalue weighted by Crippen LogP contribution is -2.47. The van der Waals surface area contributed by atoms with Crippen molar-refractivity contribution in [1.82, 2.24) is 15.1 Å². The van der Waals surface area contributed by atoms with Gasteiger partial charge in [0, 0.05) is 31.7 Å². The lowest BCUT2D eigenvalue weighted by atomic mass is 9.80. The van der Waals surface area contributed by atoms with Gasteiger partial charge in [-0.15, -0.1) is 0 Å². The van der Waals surface area contributed by atoms with Gasteiger partial charge in [-0.25, -0.2) is 4.79 Å². The van der Waals surface area contributed by atoms with Gasteiger partial charge < -0.3 is 15.5 Å². The lowest BCUT2D eigenvalue weighted by molar-refractivity contribution is -0.147. The van der Waals surface area contributed by atoms with E-state index < -0.39 is 5.41 Å². The Bertz CT molecular complexity index is 960. The molecule has 3 fully saturated rings. The number of piperidine rings is 1. The molecular formula is C22H26N4O4. The minimum Gasteiger partial charge on any atom is -0.341 e. The highest BCUT2D eigenvalue weighted by atomic mass is 16.2. The van der Waals surface area contributed by atoms with Gasteiger partial charge in [0.05, 0.1) is 5.41 Å². The second kappa shape index (κ2) is 6.82. The molecule has 2 bridgehead atoms. The van der Waals surface area contributed by atoms with Crippen LogP contribution in [-0.2, 0) is 26.2 Å². The highest BCUT2D eigenvalue weighted by Gasteiger charge is 2.56. The van der Waals surface area contributed by atoms with Crippen molar-refractivity contribution in [1.29, 1.82) is 0 Å². The number of aryl methyl sites for hydroxylation is 1. The zero-order valence-corrected chi connectivity index (χ0v) is 17.1. The third-order valence-electron chi connectivity index (χ3n) is 7.36. The van der Waals surface area contributed by atoms with Crippen molar-refractivity contribution in [3.8, 4) is 0 Å². The van der Waals surface area contributed by atoms with E-state index in [1.807, 2.05) is 17.0 Å². The average Bonchev–Trinajstić information content (AvgIpc) is 3.49. The molecule has 8 nitrogen and oxygen atoms in total. The molecule has 0 radical (unpaired) electrons. The quantitative estimate of drug-likeness (QED) is 0.736. The minimum absolute atomic E-state index is 0.107. The van der Waals surface area contributed by atoms with Crippen LogP contribution in [0.2, 0.25) is 0 Å². The van der Waals surface area contributed by atoms with E-state index in [1.54, 1.807) is 13.1 Å². The standard InChI is InChI=1S/C22H26N4O4/c1-23-21(30)24-15-3-5-17-14(9-15)6-7-22(17)10-18(27)26(20(22)29)12-19(28)25-11-13-2-4-16(25)8-13/h3,5,9,13,16H,2,4,6-8,10-12H2,1H3,(H2,23,24,30). The third-order valence-corrected chi connectivity index (χ3v) is 7.36. The Hall–Kier alpha value is -2.90. The molecule has 2 heterocycles. The van der Waals surface area contributed by atoms with Crippen molar-refractivity contribution in [3.05, 3.63) is 29.3 Å². The first kappa shape index (κ1) is 19.1. The fourth-order valence-corrected chi connectivity index (χ4v) is 5.84. The Morgan fingerprint density at radius 3 is 2.77 bits per heavy atom. The molecule has 0 aromatic heterocycles. The zero-order valence-electron chi connectivity index (χ0n) is 17.1. The van der Waals surface area contributed by atoms with E-state index in [1.165, 1.54) is 11.3 Å². The fourth-order valence-electron chi connectivity index (χ4n) is 5.84. The van der Waals surface area contributed by atoms with E-state index in [4.69, 9.17) is 0 Å². The first-order chi connectivity index (χ1) is 14.4. The van der Waals surface area contributed by atoms with E-state index in [-0.39, 0.29) is 42.8 Å². The zero-order chi connectivity index (χ0) is 21.0. The van der Waals surface area contributed by atoms with E-state index in [9.17, 15) is 19.2 Å². The van der Waals surface area contributed by atoms with Crippen LogP contribution in [-0.4, -0.2) is 59.7 Å². The van der Waals surface area contributed by atoms with Crippen molar-refractivity contribution in [2.24, 2.45) is 5.92 Å². The summed E-state index contributed by atoms with van der Waals surface area (Å²) >= 11 is 0. The molecule has 5 amide bonds. The van der Waals surface area contributed by atoms with Gasteiger partial charge in [0.25, 0.3) is 0 Å². The molecule has 1 saturated carbocycles. The number of carbonyl (C=O) groups is 4. The lowest BCUT2D eigenvalue weighted by Gasteiger charge is -2.29. The van der Waals surface area contributed by atoms with Crippen LogP contribution in [0.5, 0.6) is 0 Å². The second-order valence-corrected chi connectivity index (χ2v) is 9.00. The summed E-state index contributed by atoms with van der Waals surface area (Å²) in [6.45, 7) is 0.614. The van der Waals surface area contributed by atoms with Crippen molar-refractivity contribution < 1.29 is 19.2 Å². The number of rotatable bonds is 3. The molecule has 2 aliphatic carbocycles. The Morgan fingerprint density at radius 2 is 2.07 bits per heavy atom. The van der Waals surface area contributed by atoms with Crippen LogP contribution in [0.3, 0.4) is 0 Å². The third kappa shape index (κ3) is 2.80. The molecule has 5 rings (SSSR count). The van der Waals surface area contributed by atoms with Crippen LogP contribution in [0.4, 0.5) is 10.5 Å². The summed E-state index contributed by atoms with van der Waals surface area (Å²) < 4.78 is 0. The van der Waals surface area contributed by atoms with Crippen LogP contribution in [0.15, 0.2) is 18.2 Å². The molecule has 2 saturated heterocycles. The van der Waals surface area contributed by atoms with Gasteiger partial charge >= 0.3 is 6.03 Å². The number of urea groups is 1. The van der Waals surface area contributed by atoms with Crippen LogP contribution >= 0.6 is 0 Å². The van der Waals surface area contributed by atoms with E-state index in [0.717, 1.165) is 30.5 Å². The molecule has 158 valence electrons. The molecule has 1 spiro atoms. The predicted molar refractivity (Wildman–Crippen MR) is 109 cm³/mol. The van der Waals surface area contributed by atoms with Gasteiger partial charge in [-0.3, -0.25) is 19.3 Å². The molecule has 1 aromatic carbocycles. The molecule has 3 unspecified atom stereocenters. The Balaban J connectivity index is 1.35. The van der Waals surface area contributed by atoms with Crippen molar-refractivity contribution >= 4 is 29.4 Å². The summed E-state index contributed by atoms with van der Waals surface area (Å²) in [5, 5.41) is 5.25. The second-order valence-electron chi connectivity index (χ2n) is 9.00. The first-order valence-corrected chi connectivity index (χ1v) is 10.7. The molecule has 4 aliphatic rings.